The molecule has 0 aliphatic carbocycles. The van der Waals surface area contributed by atoms with Crippen LogP contribution in [0.3, 0.4) is 0 Å². The Balaban J connectivity index is 1.73. The minimum atomic E-state index is 0.769. The van der Waals surface area contributed by atoms with E-state index in [0.717, 1.165) is 6.67 Å². The number of hydrogen-bond donors (Lipinski definition) is 0. The predicted octanol–water partition coefficient (Wildman–Crippen LogP) is 6.23. The molecular weight excluding hydrogens is 340 g/mol. The molecule has 134 valence electrons. The van der Waals surface area contributed by atoms with Crippen molar-refractivity contribution in [3.05, 3.63) is 115 Å². The third kappa shape index (κ3) is 2.99. The Labute approximate surface area is 165 Å². The first-order chi connectivity index (χ1) is 13.9. The molecule has 2 nitrogen and oxygen atoms in total. The maximum Gasteiger partial charge on any atom is 0.228 e. The standard InChI is InChI=1S/C26H21N2/c1-4-11-21(12-5-1)25-18-10-13-22-19-27(23-14-6-2-7-15-23)20-28(26(22)25)24-16-8-3-9-17-24/h1-19H,20H2/q+1. The smallest absolute Gasteiger partial charge is 0.228 e. The summed E-state index contributed by atoms with van der Waals surface area (Å²) in [5.74, 6) is 0. The van der Waals surface area contributed by atoms with Crippen LogP contribution in [0.1, 0.15) is 5.56 Å². The summed E-state index contributed by atoms with van der Waals surface area (Å²) in [6, 6.07) is 38.4. The van der Waals surface area contributed by atoms with Crippen LogP contribution in [0.4, 0.5) is 17.1 Å². The molecule has 1 aliphatic heterocycles. The summed E-state index contributed by atoms with van der Waals surface area (Å²) in [6.45, 7) is 0.769. The fourth-order valence-corrected chi connectivity index (χ4v) is 3.84. The third-order valence-electron chi connectivity index (χ3n) is 5.17. The predicted molar refractivity (Wildman–Crippen MR) is 117 cm³/mol. The molecule has 0 saturated carbocycles. The highest BCUT2D eigenvalue weighted by Crippen LogP contribution is 2.39. The van der Waals surface area contributed by atoms with Crippen LogP contribution in [0.5, 0.6) is 0 Å². The number of benzene rings is 4. The van der Waals surface area contributed by atoms with Crippen LogP contribution in [0.2, 0.25) is 0 Å². The third-order valence-corrected chi connectivity index (χ3v) is 5.17. The van der Waals surface area contributed by atoms with E-state index in [1.54, 1.807) is 0 Å². The van der Waals surface area contributed by atoms with Crippen LogP contribution >= 0.6 is 0 Å². The number of nitrogens with zero attached hydrogens (tertiary/aromatic N) is 2. The molecule has 0 N–H and O–H groups in total. The van der Waals surface area contributed by atoms with Gasteiger partial charge in [0, 0.05) is 23.4 Å². The molecule has 5 rings (SSSR count). The van der Waals surface area contributed by atoms with Gasteiger partial charge in [-0.15, -0.1) is 0 Å². The second kappa shape index (κ2) is 7.16. The molecule has 1 heterocycles. The van der Waals surface area contributed by atoms with Gasteiger partial charge in [-0.3, -0.25) is 4.90 Å². The van der Waals surface area contributed by atoms with Crippen LogP contribution < -0.4 is 4.90 Å². The van der Waals surface area contributed by atoms with Crippen molar-refractivity contribution < 1.29 is 4.58 Å². The summed E-state index contributed by atoms with van der Waals surface area (Å²) in [6.07, 6.45) is 2.26. The molecular formula is C26H21N2+. The van der Waals surface area contributed by atoms with Gasteiger partial charge in [-0.05, 0) is 23.8 Å². The van der Waals surface area contributed by atoms with Gasteiger partial charge in [0.25, 0.3) is 0 Å². The highest BCUT2D eigenvalue weighted by Gasteiger charge is 2.28. The molecule has 0 amide bonds. The minimum Gasteiger partial charge on any atom is -0.284 e. The van der Waals surface area contributed by atoms with Gasteiger partial charge < -0.3 is 0 Å². The maximum absolute atomic E-state index is 2.41. The number of anilines is 2. The zero-order chi connectivity index (χ0) is 18.8. The summed E-state index contributed by atoms with van der Waals surface area (Å²) in [5.41, 5.74) is 7.36. The lowest BCUT2D eigenvalue weighted by Crippen LogP contribution is -2.32. The van der Waals surface area contributed by atoms with Gasteiger partial charge in [0.05, 0.1) is 11.3 Å². The normalized spacial score (nSPS) is 13.0. The molecule has 1 aliphatic rings. The van der Waals surface area contributed by atoms with Gasteiger partial charge in [0.2, 0.25) is 12.4 Å². The lowest BCUT2D eigenvalue weighted by atomic mass is 9.98. The lowest BCUT2D eigenvalue weighted by molar-refractivity contribution is -0.434. The molecule has 0 saturated heterocycles. The molecule has 4 aromatic rings. The monoisotopic (exact) mass is 361 g/mol. The Morgan fingerprint density at radius 3 is 1.96 bits per heavy atom. The van der Waals surface area contributed by atoms with E-state index in [1.165, 1.54) is 33.8 Å². The van der Waals surface area contributed by atoms with Crippen molar-refractivity contribution in [2.24, 2.45) is 0 Å². The van der Waals surface area contributed by atoms with Crippen LogP contribution in [-0.4, -0.2) is 17.5 Å². The lowest BCUT2D eigenvalue weighted by Gasteiger charge is -2.29. The first kappa shape index (κ1) is 16.5. The summed E-state index contributed by atoms with van der Waals surface area (Å²) in [7, 11) is 0. The van der Waals surface area contributed by atoms with E-state index in [9.17, 15) is 0 Å². The highest BCUT2D eigenvalue weighted by molar-refractivity contribution is 5.96. The maximum atomic E-state index is 2.41. The molecule has 0 bridgehead atoms. The molecule has 0 atom stereocenters. The second-order valence-electron chi connectivity index (χ2n) is 6.95. The zero-order valence-corrected chi connectivity index (χ0v) is 15.6. The average Bonchev–Trinajstić information content (AvgIpc) is 2.79. The van der Waals surface area contributed by atoms with Gasteiger partial charge in [0.1, 0.15) is 0 Å². The SMILES string of the molecule is C1=[N+](c2ccccc2)CN(c2ccccc2)c2c1cccc2-c1ccccc1. The number of para-hydroxylation sites is 3. The van der Waals surface area contributed by atoms with Crippen LogP contribution in [0, 0.1) is 0 Å². The quantitative estimate of drug-likeness (QED) is 0.392. The first-order valence-electron chi connectivity index (χ1n) is 9.58. The Morgan fingerprint density at radius 2 is 1.25 bits per heavy atom. The Hall–Kier alpha value is -3.65. The van der Waals surface area contributed by atoms with E-state index in [0.29, 0.717) is 0 Å². The topological polar surface area (TPSA) is 6.25 Å². The number of fused-ring (bicyclic) bond motifs is 1. The molecule has 0 fully saturated rings. The van der Waals surface area contributed by atoms with Gasteiger partial charge >= 0.3 is 0 Å². The van der Waals surface area contributed by atoms with Crippen molar-refractivity contribution in [3.63, 3.8) is 0 Å². The second-order valence-corrected chi connectivity index (χ2v) is 6.95. The zero-order valence-electron chi connectivity index (χ0n) is 15.6. The van der Waals surface area contributed by atoms with Gasteiger partial charge in [-0.25, -0.2) is 0 Å². The van der Waals surface area contributed by atoms with E-state index in [4.69, 9.17) is 0 Å². The van der Waals surface area contributed by atoms with E-state index >= 15 is 0 Å². The number of hydrogen-bond acceptors (Lipinski definition) is 1. The van der Waals surface area contributed by atoms with Crippen molar-refractivity contribution in [2.45, 2.75) is 0 Å². The minimum absolute atomic E-state index is 0.769. The molecule has 2 heteroatoms. The van der Waals surface area contributed by atoms with Crippen LogP contribution in [-0.2, 0) is 0 Å². The Bertz CT molecular complexity index is 1120. The van der Waals surface area contributed by atoms with Crippen LogP contribution in [0.15, 0.2) is 109 Å². The molecule has 0 spiro atoms. The Morgan fingerprint density at radius 1 is 0.607 bits per heavy atom. The molecule has 0 aromatic heterocycles. The fourth-order valence-electron chi connectivity index (χ4n) is 3.84. The number of rotatable bonds is 3. The molecule has 28 heavy (non-hydrogen) atoms. The van der Waals surface area contributed by atoms with E-state index in [1.807, 2.05) is 0 Å². The molecule has 0 unspecified atom stereocenters. The summed E-state index contributed by atoms with van der Waals surface area (Å²) >= 11 is 0. The van der Waals surface area contributed by atoms with E-state index < -0.39 is 0 Å². The van der Waals surface area contributed by atoms with E-state index in [2.05, 4.69) is 125 Å². The van der Waals surface area contributed by atoms with Gasteiger partial charge in [-0.1, -0.05) is 78.9 Å². The largest absolute Gasteiger partial charge is 0.284 e. The summed E-state index contributed by atoms with van der Waals surface area (Å²) in [5, 5.41) is 0. The molecule has 4 aromatic carbocycles. The summed E-state index contributed by atoms with van der Waals surface area (Å²) in [4.78, 5) is 2.41. The van der Waals surface area contributed by atoms with Crippen molar-refractivity contribution >= 4 is 23.3 Å². The van der Waals surface area contributed by atoms with Gasteiger partial charge in [0.15, 0.2) is 6.21 Å². The highest BCUT2D eigenvalue weighted by atomic mass is 15.3. The summed E-state index contributed by atoms with van der Waals surface area (Å²) < 4.78 is 2.31. The van der Waals surface area contributed by atoms with Crippen molar-refractivity contribution in [1.29, 1.82) is 0 Å². The van der Waals surface area contributed by atoms with Crippen molar-refractivity contribution in [1.82, 2.24) is 0 Å². The first-order valence-corrected chi connectivity index (χ1v) is 9.58. The van der Waals surface area contributed by atoms with Crippen molar-refractivity contribution in [2.75, 3.05) is 11.6 Å². The average molecular weight is 361 g/mol. The van der Waals surface area contributed by atoms with Crippen molar-refractivity contribution in [3.8, 4) is 11.1 Å². The van der Waals surface area contributed by atoms with Gasteiger partial charge in [-0.2, -0.15) is 4.58 Å². The fraction of sp³-hybridized carbons (Fsp3) is 0.0385. The van der Waals surface area contributed by atoms with Crippen LogP contribution in [0.25, 0.3) is 11.1 Å². The Kier molecular flexibility index (Phi) is 4.23. The molecule has 0 radical (unpaired) electrons. The van der Waals surface area contributed by atoms with E-state index in [-0.39, 0.29) is 0 Å².